The smallest absolute Gasteiger partial charge is 0.264 e. The topological polar surface area (TPSA) is 84.9 Å². The van der Waals surface area contributed by atoms with Crippen LogP contribution in [0.2, 0.25) is 0 Å². The molecule has 0 saturated carbocycles. The van der Waals surface area contributed by atoms with E-state index in [0.717, 1.165) is 42.5 Å². The lowest BCUT2D eigenvalue weighted by Crippen LogP contribution is -2.52. The van der Waals surface area contributed by atoms with E-state index in [1.807, 2.05) is 29.6 Å². The van der Waals surface area contributed by atoms with Crippen molar-refractivity contribution in [3.63, 3.8) is 0 Å². The van der Waals surface area contributed by atoms with E-state index in [1.165, 1.54) is 18.1 Å². The first kappa shape index (κ1) is 27.6. The van der Waals surface area contributed by atoms with E-state index >= 15 is 0 Å². The Bertz CT molecular complexity index is 1250. The molecule has 1 fully saturated rings. The van der Waals surface area contributed by atoms with Crippen LogP contribution in [0.4, 0.5) is 0 Å². The molecule has 1 saturated heterocycles. The molecule has 7 nitrogen and oxygen atoms in total. The third-order valence-electron chi connectivity index (χ3n) is 7.02. The number of carbonyl (C=O) groups is 1. The highest BCUT2D eigenvalue weighted by molar-refractivity contribution is 7.92. The fourth-order valence-corrected chi connectivity index (χ4v) is 5.71. The van der Waals surface area contributed by atoms with Crippen LogP contribution in [0, 0.1) is 11.8 Å². The first-order valence-corrected chi connectivity index (χ1v) is 15.4. The lowest BCUT2D eigenvalue weighted by Gasteiger charge is -2.32. The van der Waals surface area contributed by atoms with Crippen LogP contribution in [0.1, 0.15) is 55.0 Å². The Labute approximate surface area is 223 Å². The third kappa shape index (κ3) is 7.30. The third-order valence-corrected chi connectivity index (χ3v) is 9.84. The van der Waals surface area contributed by atoms with Crippen LogP contribution >= 0.6 is 11.3 Å². The molecule has 1 aromatic heterocycles. The normalized spacial score (nSPS) is 20.3. The molecule has 3 heterocycles. The predicted octanol–water partition coefficient (Wildman–Crippen LogP) is 4.00. The summed E-state index contributed by atoms with van der Waals surface area (Å²) in [5.74, 6) is 5.72. The predicted molar refractivity (Wildman–Crippen MR) is 146 cm³/mol. The number of hydroxylamine groups is 1. The Morgan fingerprint density at radius 3 is 2.68 bits per heavy atom. The van der Waals surface area contributed by atoms with Gasteiger partial charge < -0.3 is 4.74 Å². The molecule has 0 spiro atoms. The highest BCUT2D eigenvalue weighted by Crippen LogP contribution is 2.26. The van der Waals surface area contributed by atoms with Crippen LogP contribution in [0.25, 0.3) is 5.57 Å². The molecule has 0 aliphatic carbocycles. The van der Waals surface area contributed by atoms with Crippen LogP contribution < -0.4 is 5.48 Å². The minimum atomic E-state index is -3.68. The van der Waals surface area contributed by atoms with Gasteiger partial charge in [0.15, 0.2) is 20.9 Å². The number of thiophene rings is 1. The zero-order chi connectivity index (χ0) is 26.3. The van der Waals surface area contributed by atoms with E-state index < -0.39 is 26.8 Å². The van der Waals surface area contributed by atoms with Gasteiger partial charge in [-0.25, -0.2) is 18.7 Å². The van der Waals surface area contributed by atoms with Crippen molar-refractivity contribution in [1.82, 2.24) is 10.4 Å². The highest BCUT2D eigenvalue weighted by atomic mass is 32.2. The number of hydrogen-bond acceptors (Lipinski definition) is 7. The number of sulfone groups is 1. The fourth-order valence-electron chi connectivity index (χ4n) is 4.30. The number of hydrogen-bond donors (Lipinski definition) is 1. The number of nitrogens with zero attached hydrogens (tertiary/aromatic N) is 1. The molecule has 198 valence electrons. The standard InChI is InChI=1S/C28H34N2O5S2/c1-28(37(2,32)33,27(31)29-35-26-7-3-4-20-34-26)16-19-30-17-14-24(15-18-30)23-11-8-22(9-12-23)10-13-25-6-5-21-36-25/h5-6,8-9,11-12,14,21,26H,3-4,7,15-20H2,1-2H3,(H,29,31). The molecule has 2 atom stereocenters. The van der Waals surface area contributed by atoms with Crippen molar-refractivity contribution >= 4 is 32.7 Å². The van der Waals surface area contributed by atoms with Gasteiger partial charge in [-0.2, -0.15) is 0 Å². The van der Waals surface area contributed by atoms with Crippen molar-refractivity contribution in [2.75, 3.05) is 32.5 Å². The second-order valence-corrected chi connectivity index (χ2v) is 13.1. The van der Waals surface area contributed by atoms with Gasteiger partial charge in [0.2, 0.25) is 0 Å². The summed E-state index contributed by atoms with van der Waals surface area (Å²) in [7, 11) is -3.68. The quantitative estimate of drug-likeness (QED) is 0.401. The first-order valence-electron chi connectivity index (χ1n) is 12.6. The summed E-state index contributed by atoms with van der Waals surface area (Å²) < 4.78 is 29.1. The van der Waals surface area contributed by atoms with Crippen molar-refractivity contribution in [2.24, 2.45) is 0 Å². The average molecular weight is 543 g/mol. The van der Waals surface area contributed by atoms with Crippen LogP contribution in [-0.2, 0) is 24.2 Å². The van der Waals surface area contributed by atoms with E-state index in [-0.39, 0.29) is 6.42 Å². The van der Waals surface area contributed by atoms with Crippen LogP contribution in [0.3, 0.4) is 0 Å². The molecule has 1 amide bonds. The summed E-state index contributed by atoms with van der Waals surface area (Å²) in [6.45, 7) is 4.01. The average Bonchev–Trinajstić information content (AvgIpc) is 3.43. The molecule has 2 aliphatic heterocycles. The van der Waals surface area contributed by atoms with Crippen molar-refractivity contribution in [3.05, 3.63) is 63.9 Å². The van der Waals surface area contributed by atoms with Gasteiger partial charge in [0.1, 0.15) is 0 Å². The first-order chi connectivity index (χ1) is 17.7. The van der Waals surface area contributed by atoms with E-state index in [4.69, 9.17) is 9.57 Å². The molecule has 1 N–H and O–H groups in total. The summed E-state index contributed by atoms with van der Waals surface area (Å²) in [6, 6.07) is 12.3. The van der Waals surface area contributed by atoms with Crippen molar-refractivity contribution < 1.29 is 22.8 Å². The van der Waals surface area contributed by atoms with Gasteiger partial charge >= 0.3 is 0 Å². The lowest BCUT2D eigenvalue weighted by atomic mass is 9.98. The monoisotopic (exact) mass is 542 g/mol. The molecule has 1 aromatic carbocycles. The van der Waals surface area contributed by atoms with Crippen molar-refractivity contribution in [1.29, 1.82) is 0 Å². The molecule has 0 radical (unpaired) electrons. The fraction of sp³-hybridized carbons (Fsp3) is 0.464. The number of nitrogens with one attached hydrogen (secondary N) is 1. The van der Waals surface area contributed by atoms with E-state index in [1.54, 1.807) is 11.3 Å². The van der Waals surface area contributed by atoms with E-state index in [2.05, 4.69) is 40.4 Å². The number of amides is 1. The number of rotatable bonds is 8. The minimum absolute atomic E-state index is 0.174. The summed E-state index contributed by atoms with van der Waals surface area (Å²) in [5, 5.41) is 2.02. The van der Waals surface area contributed by atoms with Gasteiger partial charge in [0.25, 0.3) is 5.91 Å². The Kier molecular flexibility index (Phi) is 9.22. The Morgan fingerprint density at radius 1 is 1.24 bits per heavy atom. The van der Waals surface area contributed by atoms with Gasteiger partial charge in [0, 0.05) is 44.5 Å². The van der Waals surface area contributed by atoms with Gasteiger partial charge in [-0.05, 0) is 67.3 Å². The van der Waals surface area contributed by atoms with Crippen LogP contribution in [0.5, 0.6) is 0 Å². The lowest BCUT2D eigenvalue weighted by molar-refractivity contribution is -0.201. The summed E-state index contributed by atoms with van der Waals surface area (Å²) in [4.78, 5) is 21.5. The van der Waals surface area contributed by atoms with Gasteiger partial charge in [-0.3, -0.25) is 9.69 Å². The summed E-state index contributed by atoms with van der Waals surface area (Å²) >= 11 is 1.63. The van der Waals surface area contributed by atoms with Crippen molar-refractivity contribution in [3.8, 4) is 11.8 Å². The van der Waals surface area contributed by atoms with Crippen molar-refractivity contribution in [2.45, 2.75) is 50.1 Å². The van der Waals surface area contributed by atoms with Crippen LogP contribution in [0.15, 0.2) is 47.9 Å². The summed E-state index contributed by atoms with van der Waals surface area (Å²) in [5.41, 5.74) is 5.77. The molecule has 37 heavy (non-hydrogen) atoms. The maximum Gasteiger partial charge on any atom is 0.264 e. The number of benzene rings is 1. The number of ether oxygens (including phenoxy) is 1. The molecule has 9 heteroatoms. The minimum Gasteiger partial charge on any atom is -0.350 e. The Morgan fingerprint density at radius 2 is 2.05 bits per heavy atom. The second kappa shape index (κ2) is 12.4. The molecule has 2 aromatic rings. The zero-order valence-corrected chi connectivity index (χ0v) is 23.0. The highest BCUT2D eigenvalue weighted by Gasteiger charge is 2.44. The van der Waals surface area contributed by atoms with Gasteiger partial charge in [-0.15, -0.1) is 11.3 Å². The molecule has 4 rings (SSSR count). The van der Waals surface area contributed by atoms with Gasteiger partial charge in [0.05, 0.1) is 4.88 Å². The maximum absolute atomic E-state index is 12.9. The molecule has 2 aliphatic rings. The second-order valence-electron chi connectivity index (χ2n) is 9.68. The largest absolute Gasteiger partial charge is 0.350 e. The SMILES string of the molecule is CC(CCN1CC=C(c2ccc(C#Cc3cccs3)cc2)CC1)(C(=O)NOC1CCCCO1)S(C)(=O)=O. The van der Waals surface area contributed by atoms with E-state index in [9.17, 15) is 13.2 Å². The molecule has 0 bridgehead atoms. The maximum atomic E-state index is 12.9. The zero-order valence-electron chi connectivity index (χ0n) is 21.4. The Balaban J connectivity index is 1.31. The van der Waals surface area contributed by atoms with E-state index in [0.29, 0.717) is 26.1 Å². The van der Waals surface area contributed by atoms with Gasteiger partial charge in [-0.1, -0.05) is 36.1 Å². The molecular formula is C28H34N2O5S2. The molecule has 2 unspecified atom stereocenters. The molecular weight excluding hydrogens is 508 g/mol. The van der Waals surface area contributed by atoms with Crippen LogP contribution in [-0.4, -0.2) is 62.8 Å². The summed E-state index contributed by atoms with van der Waals surface area (Å²) in [6.07, 6.45) is 6.35. The number of carbonyl (C=O) groups excluding carboxylic acids is 1. The Hall–Kier alpha value is -2.48.